The molecule has 0 saturated heterocycles. The van der Waals surface area contributed by atoms with Crippen molar-refractivity contribution in [3.63, 3.8) is 0 Å². The van der Waals surface area contributed by atoms with E-state index in [-0.39, 0.29) is 24.4 Å². The highest BCUT2D eigenvalue weighted by molar-refractivity contribution is 5.16. The fourth-order valence-electron chi connectivity index (χ4n) is 2.14. The zero-order valence-corrected chi connectivity index (χ0v) is 16.0. The van der Waals surface area contributed by atoms with Crippen LogP contribution in [0.5, 0.6) is 0 Å². The topological polar surface area (TPSA) is 36.9 Å². The summed E-state index contributed by atoms with van der Waals surface area (Å²) in [6.45, 7) is 13.2. The van der Waals surface area contributed by atoms with Gasteiger partial charge in [-0.25, -0.2) is 0 Å². The van der Waals surface area contributed by atoms with E-state index >= 15 is 0 Å². The summed E-state index contributed by atoms with van der Waals surface area (Å²) in [6.07, 6.45) is 0.864. The molecule has 0 spiro atoms. The van der Waals surface area contributed by atoms with Gasteiger partial charge in [-0.15, -0.1) is 0 Å². The predicted molar refractivity (Wildman–Crippen MR) is 97.1 cm³/mol. The molecule has 1 aromatic rings. The van der Waals surface area contributed by atoms with Gasteiger partial charge in [0.2, 0.25) is 0 Å². The van der Waals surface area contributed by atoms with Crippen molar-refractivity contribution in [2.45, 2.75) is 78.7 Å². The summed E-state index contributed by atoms with van der Waals surface area (Å²) in [7, 11) is 0. The molecule has 4 heteroatoms. The summed E-state index contributed by atoms with van der Waals surface area (Å²) in [5.74, 6) is 0. The Balaban J connectivity index is 2.68. The van der Waals surface area contributed by atoms with E-state index < -0.39 is 6.29 Å². The Morgan fingerprint density at radius 2 is 1.42 bits per heavy atom. The second-order valence-corrected chi connectivity index (χ2v) is 6.62. The third-order valence-corrected chi connectivity index (χ3v) is 3.52. The van der Waals surface area contributed by atoms with Crippen LogP contribution in [0.3, 0.4) is 0 Å². The van der Waals surface area contributed by atoms with Gasteiger partial charge in [-0.05, 0) is 41.0 Å². The first-order valence-corrected chi connectivity index (χ1v) is 9.01. The first-order valence-electron chi connectivity index (χ1n) is 9.01. The average molecular weight is 338 g/mol. The average Bonchev–Trinajstić information content (AvgIpc) is 2.56. The van der Waals surface area contributed by atoms with Crippen LogP contribution >= 0.6 is 0 Å². The molecule has 0 radical (unpaired) electrons. The smallest absolute Gasteiger partial charge is 0.184 e. The molecule has 0 fully saturated rings. The van der Waals surface area contributed by atoms with Gasteiger partial charge in [0, 0.05) is 5.56 Å². The quantitative estimate of drug-likeness (QED) is 0.516. The Morgan fingerprint density at radius 1 is 0.792 bits per heavy atom. The Morgan fingerprint density at radius 3 is 1.96 bits per heavy atom. The summed E-state index contributed by atoms with van der Waals surface area (Å²) >= 11 is 0. The first kappa shape index (κ1) is 21.1. The highest BCUT2D eigenvalue weighted by Crippen LogP contribution is 2.22. The molecule has 0 amide bonds. The molecule has 24 heavy (non-hydrogen) atoms. The van der Waals surface area contributed by atoms with Crippen LogP contribution in [0.15, 0.2) is 30.3 Å². The fourth-order valence-corrected chi connectivity index (χ4v) is 2.14. The lowest BCUT2D eigenvalue weighted by molar-refractivity contribution is -0.197. The SMILES string of the molecule is CCC(C)OC(OCC(COC(C)C)OC(C)C)c1ccccc1. The summed E-state index contributed by atoms with van der Waals surface area (Å²) in [5, 5.41) is 0. The maximum absolute atomic E-state index is 6.07. The normalized spacial score (nSPS) is 15.7. The lowest BCUT2D eigenvalue weighted by Crippen LogP contribution is -2.31. The molecule has 1 aromatic carbocycles. The summed E-state index contributed by atoms with van der Waals surface area (Å²) in [4.78, 5) is 0. The van der Waals surface area contributed by atoms with Gasteiger partial charge in [0.15, 0.2) is 6.29 Å². The van der Waals surface area contributed by atoms with Gasteiger partial charge in [0.1, 0.15) is 6.10 Å². The van der Waals surface area contributed by atoms with Crippen molar-refractivity contribution in [3.05, 3.63) is 35.9 Å². The molecule has 0 aliphatic rings. The molecule has 0 aliphatic carbocycles. The van der Waals surface area contributed by atoms with Crippen LogP contribution < -0.4 is 0 Å². The van der Waals surface area contributed by atoms with E-state index in [0.717, 1.165) is 12.0 Å². The van der Waals surface area contributed by atoms with Crippen LogP contribution in [0.25, 0.3) is 0 Å². The van der Waals surface area contributed by atoms with Gasteiger partial charge in [0.25, 0.3) is 0 Å². The molecule has 0 saturated carbocycles. The molecule has 3 atom stereocenters. The lowest BCUT2D eigenvalue weighted by atomic mass is 10.2. The van der Waals surface area contributed by atoms with Crippen molar-refractivity contribution in [2.75, 3.05) is 13.2 Å². The molecule has 0 bridgehead atoms. The van der Waals surface area contributed by atoms with E-state index in [0.29, 0.717) is 13.2 Å². The number of benzene rings is 1. The zero-order valence-electron chi connectivity index (χ0n) is 16.0. The van der Waals surface area contributed by atoms with E-state index in [1.54, 1.807) is 0 Å². The zero-order chi connectivity index (χ0) is 17.9. The predicted octanol–water partition coefficient (Wildman–Crippen LogP) is 4.74. The number of ether oxygens (including phenoxy) is 4. The Bertz CT molecular complexity index is 419. The van der Waals surface area contributed by atoms with Crippen molar-refractivity contribution < 1.29 is 18.9 Å². The van der Waals surface area contributed by atoms with Crippen molar-refractivity contribution in [3.8, 4) is 0 Å². The second kappa shape index (κ2) is 11.6. The van der Waals surface area contributed by atoms with Crippen LogP contribution in [-0.2, 0) is 18.9 Å². The number of rotatable bonds is 12. The van der Waals surface area contributed by atoms with Gasteiger partial charge in [-0.1, -0.05) is 37.3 Å². The van der Waals surface area contributed by atoms with Gasteiger partial charge >= 0.3 is 0 Å². The Labute approximate surface area is 147 Å². The molecule has 1 rings (SSSR count). The largest absolute Gasteiger partial charge is 0.376 e. The van der Waals surface area contributed by atoms with E-state index in [4.69, 9.17) is 18.9 Å². The van der Waals surface area contributed by atoms with Crippen LogP contribution in [0.4, 0.5) is 0 Å². The van der Waals surface area contributed by atoms with E-state index in [2.05, 4.69) is 13.8 Å². The molecule has 0 N–H and O–H groups in total. The fraction of sp³-hybridized carbons (Fsp3) is 0.700. The molecule has 0 aromatic heterocycles. The second-order valence-electron chi connectivity index (χ2n) is 6.62. The molecule has 138 valence electrons. The van der Waals surface area contributed by atoms with Crippen molar-refractivity contribution in [1.29, 1.82) is 0 Å². The van der Waals surface area contributed by atoms with Crippen molar-refractivity contribution in [2.24, 2.45) is 0 Å². The molecular weight excluding hydrogens is 304 g/mol. The third kappa shape index (κ3) is 8.78. The minimum Gasteiger partial charge on any atom is -0.376 e. The standard InChI is InChI=1S/C20H34O4/c1-7-17(6)24-20(18-11-9-8-10-12-18)22-14-19(23-16(4)5)13-21-15(2)3/h8-12,15-17,19-20H,7,13-14H2,1-6H3. The molecule has 0 aliphatic heterocycles. The first-order chi connectivity index (χ1) is 11.4. The van der Waals surface area contributed by atoms with Crippen molar-refractivity contribution >= 4 is 0 Å². The van der Waals surface area contributed by atoms with E-state index in [1.165, 1.54) is 0 Å². The summed E-state index contributed by atoms with van der Waals surface area (Å²) in [5.41, 5.74) is 1.02. The van der Waals surface area contributed by atoms with Crippen LogP contribution in [0.1, 0.15) is 59.8 Å². The third-order valence-electron chi connectivity index (χ3n) is 3.52. The lowest BCUT2D eigenvalue weighted by Gasteiger charge is -2.26. The van der Waals surface area contributed by atoms with E-state index in [9.17, 15) is 0 Å². The highest BCUT2D eigenvalue weighted by atomic mass is 16.7. The highest BCUT2D eigenvalue weighted by Gasteiger charge is 2.20. The van der Waals surface area contributed by atoms with Gasteiger partial charge in [-0.3, -0.25) is 0 Å². The van der Waals surface area contributed by atoms with Crippen LogP contribution in [-0.4, -0.2) is 37.6 Å². The van der Waals surface area contributed by atoms with E-state index in [1.807, 2.05) is 58.0 Å². The number of hydrogen-bond donors (Lipinski definition) is 0. The summed E-state index contributed by atoms with van der Waals surface area (Å²) < 4.78 is 23.7. The maximum Gasteiger partial charge on any atom is 0.184 e. The van der Waals surface area contributed by atoms with Crippen molar-refractivity contribution in [1.82, 2.24) is 0 Å². The number of hydrogen-bond acceptors (Lipinski definition) is 4. The Kier molecular flexibility index (Phi) is 10.2. The minimum absolute atomic E-state index is 0.112. The van der Waals surface area contributed by atoms with Crippen LogP contribution in [0, 0.1) is 0 Å². The monoisotopic (exact) mass is 338 g/mol. The summed E-state index contributed by atoms with van der Waals surface area (Å²) in [6, 6.07) is 10.0. The Hall–Kier alpha value is -0.940. The molecule has 3 unspecified atom stereocenters. The van der Waals surface area contributed by atoms with Gasteiger partial charge in [0.05, 0.1) is 31.5 Å². The van der Waals surface area contributed by atoms with Gasteiger partial charge < -0.3 is 18.9 Å². The molecule has 4 nitrogen and oxygen atoms in total. The minimum atomic E-state index is -0.390. The maximum atomic E-state index is 6.07. The molecule has 0 heterocycles. The van der Waals surface area contributed by atoms with Gasteiger partial charge in [-0.2, -0.15) is 0 Å². The van der Waals surface area contributed by atoms with Crippen LogP contribution in [0.2, 0.25) is 0 Å². The molecular formula is C20H34O4.